The number of aryl methyl sites for hydroxylation is 3. The molecule has 0 aliphatic rings. The van der Waals surface area contributed by atoms with Crippen molar-refractivity contribution < 1.29 is 17.9 Å². The summed E-state index contributed by atoms with van der Waals surface area (Å²) in [5, 5.41) is 2.84. The highest BCUT2D eigenvalue weighted by Gasteiger charge is 2.28. The molecular formula is C30H30N2O4S. The van der Waals surface area contributed by atoms with Gasteiger partial charge in [-0.15, -0.1) is 0 Å². The SMILES string of the molecule is Cc1cc(C)c(S(=O)(=O)N[C@@H](Cc2ccccc2)C(=O)Nc2ccc(Oc3ccccc3)cc2)c(C)c1. The normalized spacial score (nSPS) is 12.1. The smallest absolute Gasteiger partial charge is 0.242 e. The van der Waals surface area contributed by atoms with Crippen molar-refractivity contribution in [2.75, 3.05) is 5.32 Å². The van der Waals surface area contributed by atoms with E-state index in [4.69, 9.17) is 4.74 Å². The van der Waals surface area contributed by atoms with Crippen LogP contribution in [0.5, 0.6) is 11.5 Å². The summed E-state index contributed by atoms with van der Waals surface area (Å²) in [7, 11) is -3.97. The van der Waals surface area contributed by atoms with E-state index in [1.54, 1.807) is 38.1 Å². The lowest BCUT2D eigenvalue weighted by molar-refractivity contribution is -0.117. The van der Waals surface area contributed by atoms with Crippen molar-refractivity contribution in [3.8, 4) is 11.5 Å². The minimum Gasteiger partial charge on any atom is -0.457 e. The number of benzene rings is 4. The van der Waals surface area contributed by atoms with Gasteiger partial charge in [-0.05, 0) is 80.3 Å². The Balaban J connectivity index is 1.55. The standard InChI is InChI=1S/C30H30N2O4S/c1-21-18-22(2)29(23(3)19-21)37(34,35)32-28(20-24-10-6-4-7-11-24)30(33)31-25-14-16-27(17-15-25)36-26-12-8-5-9-13-26/h4-19,28,32H,20H2,1-3H3,(H,31,33)/t28-/m0/s1. The summed E-state index contributed by atoms with van der Waals surface area (Å²) in [4.78, 5) is 13.6. The molecule has 4 aromatic rings. The fraction of sp³-hybridized carbons (Fsp3) is 0.167. The van der Waals surface area contributed by atoms with E-state index >= 15 is 0 Å². The van der Waals surface area contributed by atoms with Crippen LogP contribution in [0.3, 0.4) is 0 Å². The van der Waals surface area contributed by atoms with Crippen LogP contribution in [0.2, 0.25) is 0 Å². The number of sulfonamides is 1. The molecule has 4 rings (SSSR count). The lowest BCUT2D eigenvalue weighted by Crippen LogP contribution is -2.45. The van der Waals surface area contributed by atoms with Crippen molar-refractivity contribution in [2.45, 2.75) is 38.1 Å². The van der Waals surface area contributed by atoms with E-state index in [-0.39, 0.29) is 11.3 Å². The number of anilines is 1. The van der Waals surface area contributed by atoms with Crippen LogP contribution in [-0.2, 0) is 21.2 Å². The highest BCUT2D eigenvalue weighted by atomic mass is 32.2. The second-order valence-electron chi connectivity index (χ2n) is 9.02. The van der Waals surface area contributed by atoms with Crippen molar-refractivity contribution in [2.24, 2.45) is 0 Å². The Labute approximate surface area is 218 Å². The van der Waals surface area contributed by atoms with Gasteiger partial charge in [-0.3, -0.25) is 4.79 Å². The molecule has 190 valence electrons. The minimum absolute atomic E-state index is 0.199. The highest BCUT2D eigenvalue weighted by Crippen LogP contribution is 2.24. The molecule has 37 heavy (non-hydrogen) atoms. The molecule has 0 saturated carbocycles. The summed E-state index contributed by atoms with van der Waals surface area (Å²) < 4.78 is 35.4. The van der Waals surface area contributed by atoms with Gasteiger partial charge in [-0.1, -0.05) is 66.2 Å². The number of amides is 1. The zero-order valence-corrected chi connectivity index (χ0v) is 21.9. The van der Waals surface area contributed by atoms with Gasteiger partial charge in [-0.25, -0.2) is 8.42 Å². The molecule has 0 fully saturated rings. The number of hydrogen-bond acceptors (Lipinski definition) is 4. The lowest BCUT2D eigenvalue weighted by Gasteiger charge is -2.21. The maximum absolute atomic E-state index is 13.5. The third kappa shape index (κ3) is 6.84. The van der Waals surface area contributed by atoms with E-state index in [2.05, 4.69) is 10.0 Å². The van der Waals surface area contributed by atoms with Crippen LogP contribution in [0.4, 0.5) is 5.69 Å². The summed E-state index contributed by atoms with van der Waals surface area (Å²) in [6.07, 6.45) is 0.199. The van der Waals surface area contributed by atoms with Crippen molar-refractivity contribution >= 4 is 21.6 Å². The van der Waals surface area contributed by atoms with Crippen LogP contribution in [-0.4, -0.2) is 20.4 Å². The Morgan fingerprint density at radius 3 is 1.92 bits per heavy atom. The molecule has 0 aromatic heterocycles. The second kappa shape index (κ2) is 11.4. The molecule has 0 spiro atoms. The second-order valence-corrected chi connectivity index (χ2v) is 10.7. The molecule has 7 heteroatoms. The van der Waals surface area contributed by atoms with Gasteiger partial charge in [0.1, 0.15) is 17.5 Å². The molecule has 0 heterocycles. The van der Waals surface area contributed by atoms with Crippen molar-refractivity contribution in [3.05, 3.63) is 119 Å². The molecule has 0 aliphatic carbocycles. The summed E-state index contributed by atoms with van der Waals surface area (Å²) in [5.74, 6) is 0.876. The van der Waals surface area contributed by atoms with E-state index in [1.165, 1.54) is 0 Å². The topological polar surface area (TPSA) is 84.5 Å². The Morgan fingerprint density at radius 1 is 0.784 bits per heavy atom. The largest absolute Gasteiger partial charge is 0.457 e. The first-order chi connectivity index (χ1) is 17.7. The molecule has 1 amide bonds. The third-order valence-electron chi connectivity index (χ3n) is 5.87. The summed E-state index contributed by atoms with van der Waals surface area (Å²) in [6.45, 7) is 5.45. The van der Waals surface area contributed by atoms with Crippen LogP contribution < -0.4 is 14.8 Å². The first-order valence-corrected chi connectivity index (χ1v) is 13.5. The Kier molecular flexibility index (Phi) is 8.06. The van der Waals surface area contributed by atoms with Gasteiger partial charge < -0.3 is 10.1 Å². The van der Waals surface area contributed by atoms with Crippen molar-refractivity contribution in [1.29, 1.82) is 0 Å². The quantitative estimate of drug-likeness (QED) is 0.290. The Morgan fingerprint density at radius 2 is 1.32 bits per heavy atom. The van der Waals surface area contributed by atoms with Gasteiger partial charge in [0.2, 0.25) is 15.9 Å². The fourth-order valence-corrected chi connectivity index (χ4v) is 5.98. The average Bonchev–Trinajstić information content (AvgIpc) is 2.85. The average molecular weight is 515 g/mol. The van der Waals surface area contributed by atoms with Gasteiger partial charge in [0.15, 0.2) is 0 Å². The van der Waals surface area contributed by atoms with Crippen LogP contribution in [0.15, 0.2) is 102 Å². The molecule has 0 radical (unpaired) electrons. The number of nitrogens with one attached hydrogen (secondary N) is 2. The maximum atomic E-state index is 13.5. The van der Waals surface area contributed by atoms with Gasteiger partial charge in [-0.2, -0.15) is 4.72 Å². The fourth-order valence-electron chi connectivity index (χ4n) is 4.33. The molecule has 0 saturated heterocycles. The van der Waals surface area contributed by atoms with Crippen molar-refractivity contribution in [3.63, 3.8) is 0 Å². The molecule has 0 aliphatic heterocycles. The van der Waals surface area contributed by atoms with Gasteiger partial charge in [0, 0.05) is 5.69 Å². The summed E-state index contributed by atoms with van der Waals surface area (Å²) in [5.41, 5.74) is 3.63. The molecule has 0 unspecified atom stereocenters. The lowest BCUT2D eigenvalue weighted by atomic mass is 10.1. The zero-order valence-electron chi connectivity index (χ0n) is 21.1. The predicted molar refractivity (Wildman–Crippen MR) is 146 cm³/mol. The Bertz CT molecular complexity index is 1450. The van der Waals surface area contributed by atoms with Gasteiger partial charge >= 0.3 is 0 Å². The number of rotatable bonds is 9. The third-order valence-corrected chi connectivity index (χ3v) is 7.65. The first kappa shape index (κ1) is 26.1. The van der Waals surface area contributed by atoms with E-state index in [1.807, 2.05) is 79.7 Å². The van der Waals surface area contributed by atoms with E-state index in [0.717, 1.165) is 11.1 Å². The van der Waals surface area contributed by atoms with Crippen LogP contribution >= 0.6 is 0 Å². The number of carbonyl (C=O) groups excluding carboxylic acids is 1. The Hall–Kier alpha value is -3.94. The molecule has 1 atom stereocenters. The van der Waals surface area contributed by atoms with E-state index < -0.39 is 22.0 Å². The first-order valence-electron chi connectivity index (χ1n) is 12.0. The highest BCUT2D eigenvalue weighted by molar-refractivity contribution is 7.89. The molecule has 2 N–H and O–H groups in total. The summed E-state index contributed by atoms with van der Waals surface area (Å²) in [6, 6.07) is 28.3. The van der Waals surface area contributed by atoms with Crippen LogP contribution in [0, 0.1) is 20.8 Å². The monoisotopic (exact) mass is 514 g/mol. The van der Waals surface area contributed by atoms with E-state index in [9.17, 15) is 13.2 Å². The minimum atomic E-state index is -3.97. The predicted octanol–water partition coefficient (Wildman–Crippen LogP) is 5.93. The van der Waals surface area contributed by atoms with E-state index in [0.29, 0.717) is 28.3 Å². The van der Waals surface area contributed by atoms with Gasteiger partial charge in [0.25, 0.3) is 0 Å². The number of ether oxygens (including phenoxy) is 1. The van der Waals surface area contributed by atoms with Gasteiger partial charge in [0.05, 0.1) is 4.90 Å². The number of carbonyl (C=O) groups is 1. The van der Waals surface area contributed by atoms with Crippen LogP contribution in [0.25, 0.3) is 0 Å². The molecule has 0 bridgehead atoms. The van der Waals surface area contributed by atoms with Crippen molar-refractivity contribution in [1.82, 2.24) is 4.72 Å². The molecular weight excluding hydrogens is 484 g/mol. The van der Waals surface area contributed by atoms with Crippen LogP contribution in [0.1, 0.15) is 22.3 Å². The maximum Gasteiger partial charge on any atom is 0.242 e. The summed E-state index contributed by atoms with van der Waals surface area (Å²) >= 11 is 0. The zero-order chi connectivity index (χ0) is 26.4. The number of para-hydroxylation sites is 1. The molecule has 6 nitrogen and oxygen atoms in total. The molecule has 4 aromatic carbocycles. The number of hydrogen-bond donors (Lipinski definition) is 2.